The van der Waals surface area contributed by atoms with Gasteiger partial charge in [-0.15, -0.1) is 0 Å². The predicted octanol–water partition coefficient (Wildman–Crippen LogP) is 2.29. The highest BCUT2D eigenvalue weighted by molar-refractivity contribution is 7.92. The van der Waals surface area contributed by atoms with E-state index in [1.807, 2.05) is 6.92 Å². The number of nitrogens with zero attached hydrogens (tertiary/aromatic N) is 1. The zero-order valence-corrected chi connectivity index (χ0v) is 13.5. The minimum Gasteiger partial charge on any atom is -0.355 e. The van der Waals surface area contributed by atoms with Gasteiger partial charge in [0.15, 0.2) is 0 Å². The van der Waals surface area contributed by atoms with Crippen LogP contribution in [0.2, 0.25) is 10.0 Å². The summed E-state index contributed by atoms with van der Waals surface area (Å²) in [6.07, 6.45) is 1.81. The number of carbonyl (C=O) groups is 1. The molecule has 0 spiro atoms. The summed E-state index contributed by atoms with van der Waals surface area (Å²) in [5.74, 6) is -0.372. The van der Waals surface area contributed by atoms with E-state index in [9.17, 15) is 13.2 Å². The third kappa shape index (κ3) is 4.85. The van der Waals surface area contributed by atoms with Crippen molar-refractivity contribution in [2.75, 3.05) is 23.7 Å². The SMILES string of the molecule is CCCNC(=O)CN(c1ccc(Cl)c(Cl)c1)S(C)(=O)=O. The second-order valence-electron chi connectivity index (χ2n) is 4.22. The van der Waals surface area contributed by atoms with Gasteiger partial charge in [0.2, 0.25) is 15.9 Å². The Hall–Kier alpha value is -0.980. The van der Waals surface area contributed by atoms with E-state index in [-0.39, 0.29) is 17.5 Å². The fourth-order valence-corrected chi connectivity index (χ4v) is 2.63. The van der Waals surface area contributed by atoms with Gasteiger partial charge in [0.05, 0.1) is 22.0 Å². The third-order valence-corrected chi connectivity index (χ3v) is 4.33. The minimum absolute atomic E-state index is 0.229. The second-order valence-corrected chi connectivity index (χ2v) is 6.94. The van der Waals surface area contributed by atoms with Crippen molar-refractivity contribution in [3.8, 4) is 0 Å². The molecule has 0 bridgehead atoms. The molecule has 0 aliphatic heterocycles. The average molecular weight is 339 g/mol. The van der Waals surface area contributed by atoms with Crippen LogP contribution in [-0.4, -0.2) is 33.7 Å². The summed E-state index contributed by atoms with van der Waals surface area (Å²) >= 11 is 11.7. The lowest BCUT2D eigenvalue weighted by Crippen LogP contribution is -2.40. The Bertz CT molecular complexity index is 590. The largest absolute Gasteiger partial charge is 0.355 e. The van der Waals surface area contributed by atoms with Crippen LogP contribution in [0.1, 0.15) is 13.3 Å². The highest BCUT2D eigenvalue weighted by Gasteiger charge is 2.21. The van der Waals surface area contributed by atoms with Crippen molar-refractivity contribution in [3.63, 3.8) is 0 Å². The Balaban J connectivity index is 3.01. The molecule has 8 heteroatoms. The van der Waals surface area contributed by atoms with Crippen molar-refractivity contribution in [1.29, 1.82) is 0 Å². The summed E-state index contributed by atoms with van der Waals surface area (Å²) < 4.78 is 24.6. The molecule has 0 atom stereocenters. The first-order valence-electron chi connectivity index (χ1n) is 5.95. The number of rotatable bonds is 6. The number of benzene rings is 1. The molecule has 0 unspecified atom stereocenters. The van der Waals surface area contributed by atoms with Crippen LogP contribution >= 0.6 is 23.2 Å². The molecular formula is C12H16Cl2N2O3S. The van der Waals surface area contributed by atoms with Crippen molar-refractivity contribution in [2.45, 2.75) is 13.3 Å². The van der Waals surface area contributed by atoms with E-state index in [0.717, 1.165) is 17.0 Å². The van der Waals surface area contributed by atoms with Crippen molar-refractivity contribution in [2.24, 2.45) is 0 Å². The molecule has 1 aromatic carbocycles. The molecule has 20 heavy (non-hydrogen) atoms. The topological polar surface area (TPSA) is 66.5 Å². The predicted molar refractivity (Wildman–Crippen MR) is 82.0 cm³/mol. The van der Waals surface area contributed by atoms with Gasteiger partial charge in [-0.2, -0.15) is 0 Å². The maximum atomic E-state index is 11.8. The Labute approximate surface area is 128 Å². The van der Waals surface area contributed by atoms with Gasteiger partial charge in [-0.3, -0.25) is 9.10 Å². The Morgan fingerprint density at radius 1 is 1.30 bits per heavy atom. The molecule has 1 rings (SSSR count). The van der Waals surface area contributed by atoms with E-state index in [1.54, 1.807) is 0 Å². The quantitative estimate of drug-likeness (QED) is 0.865. The van der Waals surface area contributed by atoms with E-state index in [4.69, 9.17) is 23.2 Å². The van der Waals surface area contributed by atoms with E-state index in [0.29, 0.717) is 17.3 Å². The summed E-state index contributed by atoms with van der Waals surface area (Å²) in [6, 6.07) is 4.40. The monoisotopic (exact) mass is 338 g/mol. The van der Waals surface area contributed by atoms with Crippen molar-refractivity contribution in [1.82, 2.24) is 5.32 Å². The van der Waals surface area contributed by atoms with Crippen LogP contribution < -0.4 is 9.62 Å². The van der Waals surface area contributed by atoms with Crippen LogP contribution in [0.15, 0.2) is 18.2 Å². The maximum Gasteiger partial charge on any atom is 0.240 e. The molecule has 1 aromatic rings. The summed E-state index contributed by atoms with van der Waals surface area (Å²) in [4.78, 5) is 11.7. The Morgan fingerprint density at radius 3 is 2.45 bits per heavy atom. The summed E-state index contributed by atoms with van der Waals surface area (Å²) in [7, 11) is -3.60. The summed E-state index contributed by atoms with van der Waals surface area (Å²) in [5.41, 5.74) is 0.300. The molecule has 0 aromatic heterocycles. The minimum atomic E-state index is -3.60. The molecule has 5 nitrogen and oxygen atoms in total. The first-order valence-corrected chi connectivity index (χ1v) is 8.55. The number of hydrogen-bond acceptors (Lipinski definition) is 3. The van der Waals surface area contributed by atoms with Crippen LogP contribution in [0.25, 0.3) is 0 Å². The van der Waals surface area contributed by atoms with Crippen LogP contribution in [-0.2, 0) is 14.8 Å². The van der Waals surface area contributed by atoms with E-state index < -0.39 is 10.0 Å². The smallest absolute Gasteiger partial charge is 0.240 e. The number of carbonyl (C=O) groups excluding carboxylic acids is 1. The van der Waals surface area contributed by atoms with E-state index in [1.165, 1.54) is 18.2 Å². The molecule has 1 amide bonds. The van der Waals surface area contributed by atoms with Gasteiger partial charge in [0, 0.05) is 6.54 Å². The third-order valence-electron chi connectivity index (χ3n) is 2.45. The van der Waals surface area contributed by atoms with Crippen LogP contribution in [0, 0.1) is 0 Å². The van der Waals surface area contributed by atoms with Crippen LogP contribution in [0.3, 0.4) is 0 Å². The first kappa shape index (κ1) is 17.1. The molecular weight excluding hydrogens is 323 g/mol. The zero-order valence-electron chi connectivity index (χ0n) is 11.2. The number of anilines is 1. The average Bonchev–Trinajstić information content (AvgIpc) is 2.35. The van der Waals surface area contributed by atoms with Crippen molar-refractivity contribution in [3.05, 3.63) is 28.2 Å². The van der Waals surface area contributed by atoms with Gasteiger partial charge >= 0.3 is 0 Å². The lowest BCUT2D eigenvalue weighted by atomic mass is 10.3. The molecule has 1 N–H and O–H groups in total. The van der Waals surface area contributed by atoms with E-state index >= 15 is 0 Å². The number of hydrogen-bond donors (Lipinski definition) is 1. The van der Waals surface area contributed by atoms with E-state index in [2.05, 4.69) is 5.32 Å². The van der Waals surface area contributed by atoms with Crippen molar-refractivity contribution >= 4 is 44.8 Å². The molecule has 0 radical (unpaired) electrons. The number of sulfonamides is 1. The van der Waals surface area contributed by atoms with Gasteiger partial charge in [-0.05, 0) is 24.6 Å². The molecule has 0 heterocycles. The van der Waals surface area contributed by atoms with Gasteiger partial charge in [-0.25, -0.2) is 8.42 Å². The Morgan fingerprint density at radius 2 is 1.95 bits per heavy atom. The second kappa shape index (κ2) is 7.15. The highest BCUT2D eigenvalue weighted by atomic mass is 35.5. The molecule has 0 fully saturated rings. The van der Waals surface area contributed by atoms with Crippen LogP contribution in [0.5, 0.6) is 0 Å². The lowest BCUT2D eigenvalue weighted by Gasteiger charge is -2.22. The van der Waals surface area contributed by atoms with Gasteiger partial charge in [-0.1, -0.05) is 30.1 Å². The zero-order chi connectivity index (χ0) is 15.3. The first-order chi connectivity index (χ1) is 9.25. The molecule has 112 valence electrons. The normalized spacial score (nSPS) is 11.2. The molecule has 0 saturated heterocycles. The van der Waals surface area contributed by atoms with Gasteiger partial charge in [0.25, 0.3) is 0 Å². The fraction of sp³-hybridized carbons (Fsp3) is 0.417. The number of halogens is 2. The number of nitrogens with one attached hydrogen (secondary N) is 1. The maximum absolute atomic E-state index is 11.8. The lowest BCUT2D eigenvalue weighted by molar-refractivity contribution is -0.119. The summed E-state index contributed by atoms with van der Waals surface area (Å²) in [6.45, 7) is 2.11. The Kier molecular flexibility index (Phi) is 6.10. The standard InChI is InChI=1S/C12H16Cl2N2O3S/c1-3-6-15-12(17)8-16(20(2,18)19)9-4-5-10(13)11(14)7-9/h4-5,7H,3,6,8H2,1-2H3,(H,15,17). The van der Waals surface area contributed by atoms with Gasteiger partial charge in [0.1, 0.15) is 6.54 Å². The molecule has 0 saturated carbocycles. The van der Waals surface area contributed by atoms with Crippen molar-refractivity contribution < 1.29 is 13.2 Å². The molecule has 0 aliphatic rings. The van der Waals surface area contributed by atoms with Gasteiger partial charge < -0.3 is 5.32 Å². The van der Waals surface area contributed by atoms with Crippen LogP contribution in [0.4, 0.5) is 5.69 Å². The highest BCUT2D eigenvalue weighted by Crippen LogP contribution is 2.28. The fourth-order valence-electron chi connectivity index (χ4n) is 1.49. The summed E-state index contributed by atoms with van der Waals surface area (Å²) in [5, 5.41) is 3.17. The molecule has 0 aliphatic carbocycles. The number of amides is 1.